The van der Waals surface area contributed by atoms with E-state index in [0.29, 0.717) is 23.4 Å². The van der Waals surface area contributed by atoms with Gasteiger partial charge in [0.15, 0.2) is 9.84 Å². The molecule has 0 radical (unpaired) electrons. The van der Waals surface area contributed by atoms with Gasteiger partial charge in [0, 0.05) is 24.2 Å². The van der Waals surface area contributed by atoms with Crippen molar-refractivity contribution < 1.29 is 22.7 Å². The highest BCUT2D eigenvalue weighted by Gasteiger charge is 2.24. The summed E-state index contributed by atoms with van der Waals surface area (Å²) in [5.74, 6) is -1.65. The van der Waals surface area contributed by atoms with Gasteiger partial charge in [-0.3, -0.25) is 0 Å². The van der Waals surface area contributed by atoms with Crippen LogP contribution in [0.2, 0.25) is 0 Å². The number of nitrogens with one attached hydrogen (secondary N) is 1. The van der Waals surface area contributed by atoms with Crippen molar-refractivity contribution in [2.24, 2.45) is 5.73 Å². The Hall–Kier alpha value is -3.10. The maximum absolute atomic E-state index is 12.8. The van der Waals surface area contributed by atoms with E-state index in [4.69, 9.17) is 10.2 Å². The number of rotatable bonds is 8. The summed E-state index contributed by atoms with van der Waals surface area (Å²) in [5.41, 5.74) is 7.27. The van der Waals surface area contributed by atoms with Gasteiger partial charge >= 0.3 is 5.97 Å². The number of carboxylic acids is 1. The second-order valence-corrected chi connectivity index (χ2v) is 8.12. The monoisotopic (exact) mass is 400 g/mol. The normalized spacial score (nSPS) is 11.3. The molecular weight excluding hydrogens is 380 g/mol. The summed E-state index contributed by atoms with van der Waals surface area (Å²) in [6.45, 7) is 0.621. The van der Waals surface area contributed by atoms with Crippen molar-refractivity contribution in [1.82, 2.24) is 0 Å². The summed E-state index contributed by atoms with van der Waals surface area (Å²) in [6.07, 6.45) is 2.98. The molecule has 0 aliphatic heterocycles. The van der Waals surface area contributed by atoms with Gasteiger partial charge in [-0.2, -0.15) is 0 Å². The van der Waals surface area contributed by atoms with Gasteiger partial charge in [-0.1, -0.05) is 30.3 Å². The van der Waals surface area contributed by atoms with Crippen molar-refractivity contribution in [3.63, 3.8) is 0 Å². The number of sulfone groups is 1. The first kappa shape index (κ1) is 19.7. The molecule has 3 aromatic rings. The van der Waals surface area contributed by atoms with Gasteiger partial charge < -0.3 is 20.6 Å². The Kier molecular flexibility index (Phi) is 5.81. The predicted molar refractivity (Wildman–Crippen MR) is 106 cm³/mol. The lowest BCUT2D eigenvalue weighted by molar-refractivity contribution is 0.0697. The quantitative estimate of drug-likeness (QED) is 0.531. The van der Waals surface area contributed by atoms with Crippen molar-refractivity contribution in [3.05, 3.63) is 72.2 Å². The van der Waals surface area contributed by atoms with E-state index in [1.807, 2.05) is 0 Å². The number of carbonyl (C=O) groups is 1. The van der Waals surface area contributed by atoms with Crippen LogP contribution >= 0.6 is 0 Å². The third-order valence-corrected chi connectivity index (χ3v) is 5.91. The molecule has 0 fully saturated rings. The van der Waals surface area contributed by atoms with E-state index >= 15 is 0 Å². The fraction of sp³-hybridized carbons (Fsp3) is 0.150. The Morgan fingerprint density at radius 1 is 1.11 bits per heavy atom. The van der Waals surface area contributed by atoms with Crippen molar-refractivity contribution >= 4 is 21.5 Å². The molecule has 2 aromatic carbocycles. The fourth-order valence-corrected chi connectivity index (χ4v) is 4.35. The predicted octanol–water partition coefficient (Wildman–Crippen LogP) is 2.99. The zero-order valence-corrected chi connectivity index (χ0v) is 15.8. The summed E-state index contributed by atoms with van der Waals surface area (Å²) < 4.78 is 30.6. The maximum Gasteiger partial charge on any atom is 0.338 e. The summed E-state index contributed by atoms with van der Waals surface area (Å²) in [6, 6.07) is 12.9. The number of benzene rings is 2. The Bertz CT molecular complexity index is 1060. The molecule has 0 spiro atoms. The molecule has 28 heavy (non-hydrogen) atoms. The van der Waals surface area contributed by atoms with Crippen LogP contribution in [0.25, 0.3) is 11.1 Å². The fourth-order valence-electron chi connectivity index (χ4n) is 2.97. The summed E-state index contributed by atoms with van der Waals surface area (Å²) in [5, 5.41) is 12.9. The summed E-state index contributed by atoms with van der Waals surface area (Å²) in [7, 11) is -3.71. The van der Waals surface area contributed by atoms with Crippen molar-refractivity contribution in [3.8, 4) is 11.1 Å². The Labute approximate surface area is 162 Å². The number of hydrogen-bond acceptors (Lipinski definition) is 6. The van der Waals surface area contributed by atoms with Gasteiger partial charge in [0.2, 0.25) is 0 Å². The van der Waals surface area contributed by atoms with Gasteiger partial charge in [-0.15, -0.1) is 0 Å². The van der Waals surface area contributed by atoms with Crippen LogP contribution in [-0.4, -0.2) is 32.6 Å². The molecule has 0 saturated carbocycles. The van der Waals surface area contributed by atoms with E-state index in [-0.39, 0.29) is 22.6 Å². The maximum atomic E-state index is 12.8. The second kappa shape index (κ2) is 8.28. The standard InChI is InChI=1S/C20H20N2O5S/c21-9-10-22-19-17(14-8-11-27-12-14)7-6-15(18(19)20(23)24)13-28(25,26)16-4-2-1-3-5-16/h1-8,11-12,22H,9-10,13,21H2,(H,23,24). The smallest absolute Gasteiger partial charge is 0.338 e. The number of furan rings is 1. The SMILES string of the molecule is NCCNc1c(-c2ccoc2)ccc(CS(=O)(=O)c2ccccc2)c1C(=O)O. The second-order valence-electron chi connectivity index (χ2n) is 6.13. The minimum Gasteiger partial charge on any atom is -0.478 e. The lowest BCUT2D eigenvalue weighted by Gasteiger charge is -2.17. The van der Waals surface area contributed by atoms with Crippen LogP contribution in [0, 0.1) is 0 Å². The zero-order chi connectivity index (χ0) is 20.1. The number of nitrogens with two attached hydrogens (primary N) is 1. The molecular formula is C20H20N2O5S. The van der Waals surface area contributed by atoms with Gasteiger partial charge in [0.1, 0.15) is 0 Å². The van der Waals surface area contributed by atoms with Gasteiger partial charge in [0.05, 0.1) is 34.4 Å². The van der Waals surface area contributed by atoms with Crippen LogP contribution in [0.3, 0.4) is 0 Å². The number of hydrogen-bond donors (Lipinski definition) is 3. The highest BCUT2D eigenvalue weighted by Crippen LogP contribution is 2.35. The van der Waals surface area contributed by atoms with Crippen molar-refractivity contribution in [1.29, 1.82) is 0 Å². The zero-order valence-electron chi connectivity index (χ0n) is 15.0. The molecule has 0 aliphatic rings. The van der Waals surface area contributed by atoms with Crippen molar-refractivity contribution in [2.45, 2.75) is 10.6 Å². The third-order valence-electron chi connectivity index (χ3n) is 4.23. The molecule has 7 nitrogen and oxygen atoms in total. The minimum atomic E-state index is -3.71. The van der Waals surface area contributed by atoms with Gasteiger partial charge in [-0.25, -0.2) is 13.2 Å². The first-order valence-corrected chi connectivity index (χ1v) is 10.2. The minimum absolute atomic E-state index is 0.0911. The topological polar surface area (TPSA) is 123 Å². The van der Waals surface area contributed by atoms with E-state index < -0.39 is 21.6 Å². The summed E-state index contributed by atoms with van der Waals surface area (Å²) >= 11 is 0. The van der Waals surface area contributed by atoms with Crippen LogP contribution in [0.4, 0.5) is 5.69 Å². The van der Waals surface area contributed by atoms with Crippen LogP contribution < -0.4 is 11.1 Å². The number of anilines is 1. The van der Waals surface area contributed by atoms with Gasteiger partial charge in [0.25, 0.3) is 0 Å². The Morgan fingerprint density at radius 3 is 2.46 bits per heavy atom. The van der Waals surface area contributed by atoms with E-state index in [0.717, 1.165) is 0 Å². The molecule has 0 unspecified atom stereocenters. The average Bonchev–Trinajstić information content (AvgIpc) is 3.21. The molecule has 4 N–H and O–H groups in total. The molecule has 1 heterocycles. The summed E-state index contributed by atoms with van der Waals surface area (Å²) in [4.78, 5) is 12.2. The molecule has 8 heteroatoms. The molecule has 1 aromatic heterocycles. The van der Waals surface area contributed by atoms with E-state index in [1.54, 1.807) is 30.3 Å². The number of aromatic carboxylic acids is 1. The van der Waals surface area contributed by atoms with Crippen LogP contribution in [0.15, 0.2) is 70.4 Å². The van der Waals surface area contributed by atoms with Gasteiger partial charge in [-0.05, 0) is 23.8 Å². The van der Waals surface area contributed by atoms with E-state index in [9.17, 15) is 18.3 Å². The molecule has 146 valence electrons. The highest BCUT2D eigenvalue weighted by molar-refractivity contribution is 7.90. The average molecular weight is 400 g/mol. The molecule has 0 amide bonds. The molecule has 0 bridgehead atoms. The third kappa shape index (κ3) is 4.08. The Morgan fingerprint density at radius 2 is 1.86 bits per heavy atom. The Balaban J connectivity index is 2.13. The molecule has 0 saturated heterocycles. The highest BCUT2D eigenvalue weighted by atomic mass is 32.2. The molecule has 3 rings (SSSR count). The lowest BCUT2D eigenvalue weighted by atomic mass is 9.98. The molecule has 0 aliphatic carbocycles. The van der Waals surface area contributed by atoms with E-state index in [2.05, 4.69) is 5.32 Å². The van der Waals surface area contributed by atoms with Crippen molar-refractivity contribution in [2.75, 3.05) is 18.4 Å². The first-order valence-electron chi connectivity index (χ1n) is 8.57. The van der Waals surface area contributed by atoms with Crippen LogP contribution in [0.5, 0.6) is 0 Å². The van der Waals surface area contributed by atoms with Crippen LogP contribution in [0.1, 0.15) is 15.9 Å². The van der Waals surface area contributed by atoms with E-state index in [1.165, 1.54) is 30.7 Å². The van der Waals surface area contributed by atoms with Crippen LogP contribution in [-0.2, 0) is 15.6 Å². The first-order chi connectivity index (χ1) is 13.4. The largest absolute Gasteiger partial charge is 0.478 e. The molecule has 0 atom stereocenters. The lowest BCUT2D eigenvalue weighted by Crippen LogP contribution is -2.18. The number of carboxylic acid groups (broad SMARTS) is 1.